The van der Waals surface area contributed by atoms with E-state index in [0.717, 1.165) is 36.8 Å². The van der Waals surface area contributed by atoms with Gasteiger partial charge in [-0.3, -0.25) is 0 Å². The number of carbonyl (C=O) groups excluding carboxylic acids is 1. The lowest BCUT2D eigenvalue weighted by molar-refractivity contribution is -0.152. The maximum absolute atomic E-state index is 11.8. The van der Waals surface area contributed by atoms with Crippen LogP contribution in [0.25, 0.3) is 0 Å². The summed E-state index contributed by atoms with van der Waals surface area (Å²) >= 11 is 0. The summed E-state index contributed by atoms with van der Waals surface area (Å²) in [5.74, 6) is -0.332. The Bertz CT molecular complexity index is 445. The molecule has 1 N–H and O–H groups in total. The summed E-state index contributed by atoms with van der Waals surface area (Å²) in [4.78, 5) is 11.8. The van der Waals surface area contributed by atoms with E-state index in [4.69, 9.17) is 4.74 Å². The highest BCUT2D eigenvalue weighted by atomic mass is 16.6. The predicted molar refractivity (Wildman–Crippen MR) is 74.7 cm³/mol. The second kappa shape index (κ2) is 4.78. The minimum Gasteiger partial charge on any atom is -0.451 e. The van der Waals surface area contributed by atoms with Gasteiger partial charge in [-0.1, -0.05) is 6.58 Å². The largest absolute Gasteiger partial charge is 0.451 e. The fourth-order valence-corrected chi connectivity index (χ4v) is 3.27. The molecular formula is C16H24O3. The first kappa shape index (κ1) is 14.3. The van der Waals surface area contributed by atoms with E-state index in [-0.39, 0.29) is 5.97 Å². The van der Waals surface area contributed by atoms with Gasteiger partial charge in [-0.15, -0.1) is 0 Å². The number of ether oxygens (including phenoxy) is 1. The first-order valence-corrected chi connectivity index (χ1v) is 7.10. The van der Waals surface area contributed by atoms with E-state index < -0.39 is 11.2 Å². The Hall–Kier alpha value is -1.09. The molecule has 0 amide bonds. The Morgan fingerprint density at radius 3 is 2.37 bits per heavy atom. The summed E-state index contributed by atoms with van der Waals surface area (Å²) in [5, 5.41) is 10.5. The maximum Gasteiger partial charge on any atom is 0.333 e. The van der Waals surface area contributed by atoms with E-state index in [0.29, 0.717) is 18.4 Å². The zero-order chi connectivity index (χ0) is 14.3. The van der Waals surface area contributed by atoms with Crippen LogP contribution >= 0.6 is 0 Å². The van der Waals surface area contributed by atoms with Crippen molar-refractivity contribution in [3.8, 4) is 0 Å². The molecule has 2 aliphatic rings. The number of esters is 1. The number of aliphatic hydroxyl groups is 1. The highest BCUT2D eigenvalue weighted by molar-refractivity contribution is 5.87. The van der Waals surface area contributed by atoms with Crippen LogP contribution in [-0.2, 0) is 9.53 Å². The smallest absolute Gasteiger partial charge is 0.333 e. The fourth-order valence-electron chi connectivity index (χ4n) is 3.27. The topological polar surface area (TPSA) is 46.5 Å². The lowest BCUT2D eigenvalue weighted by atomic mass is 9.67. The first-order valence-electron chi connectivity index (χ1n) is 7.10. The molecule has 0 aromatic carbocycles. The highest BCUT2D eigenvalue weighted by Gasteiger charge is 2.45. The van der Waals surface area contributed by atoms with E-state index in [1.807, 2.05) is 13.8 Å². The van der Waals surface area contributed by atoms with Crippen LogP contribution < -0.4 is 0 Å². The SMILES string of the molecule is C=C(C)C(=O)OC1(C)CCC(C)(O)C2=C1CCCC2. The molecule has 2 aliphatic carbocycles. The Labute approximate surface area is 115 Å². The summed E-state index contributed by atoms with van der Waals surface area (Å²) < 4.78 is 5.70. The van der Waals surface area contributed by atoms with Crippen molar-refractivity contribution in [1.29, 1.82) is 0 Å². The summed E-state index contributed by atoms with van der Waals surface area (Å²) in [6, 6.07) is 0. The van der Waals surface area contributed by atoms with Gasteiger partial charge in [0.2, 0.25) is 0 Å². The minimum atomic E-state index is -0.731. The van der Waals surface area contributed by atoms with Crippen LogP contribution in [0, 0.1) is 0 Å². The molecule has 0 saturated heterocycles. The van der Waals surface area contributed by atoms with Crippen LogP contribution in [0.4, 0.5) is 0 Å². The van der Waals surface area contributed by atoms with Gasteiger partial charge in [-0.05, 0) is 70.4 Å². The molecule has 0 fully saturated rings. The van der Waals surface area contributed by atoms with Gasteiger partial charge in [0.05, 0.1) is 5.60 Å². The molecule has 0 aromatic heterocycles. The number of carbonyl (C=O) groups is 1. The van der Waals surface area contributed by atoms with Crippen molar-refractivity contribution in [2.24, 2.45) is 0 Å². The zero-order valence-corrected chi connectivity index (χ0v) is 12.2. The number of hydrogen-bond donors (Lipinski definition) is 1. The fraction of sp³-hybridized carbons (Fsp3) is 0.688. The lowest BCUT2D eigenvalue weighted by Gasteiger charge is -2.45. The van der Waals surface area contributed by atoms with Gasteiger partial charge in [0.25, 0.3) is 0 Å². The average molecular weight is 264 g/mol. The van der Waals surface area contributed by atoms with Crippen molar-refractivity contribution in [1.82, 2.24) is 0 Å². The Morgan fingerprint density at radius 1 is 1.21 bits per heavy atom. The third-order valence-electron chi connectivity index (χ3n) is 4.51. The van der Waals surface area contributed by atoms with E-state index in [9.17, 15) is 9.90 Å². The van der Waals surface area contributed by atoms with Crippen molar-refractivity contribution in [3.05, 3.63) is 23.3 Å². The summed E-state index contributed by atoms with van der Waals surface area (Å²) in [6.07, 6.45) is 5.38. The monoisotopic (exact) mass is 264 g/mol. The molecule has 106 valence electrons. The molecule has 0 spiro atoms. The first-order chi connectivity index (χ1) is 8.76. The Balaban J connectivity index is 2.36. The number of hydrogen-bond acceptors (Lipinski definition) is 3. The molecule has 0 radical (unpaired) electrons. The molecule has 2 unspecified atom stereocenters. The van der Waals surface area contributed by atoms with Gasteiger partial charge in [0.15, 0.2) is 0 Å². The van der Waals surface area contributed by atoms with E-state index >= 15 is 0 Å². The molecule has 0 aromatic rings. The predicted octanol–water partition coefficient (Wildman–Crippen LogP) is 3.28. The van der Waals surface area contributed by atoms with Gasteiger partial charge in [-0.25, -0.2) is 4.79 Å². The summed E-state index contributed by atoms with van der Waals surface area (Å²) in [6.45, 7) is 9.17. The molecule has 0 heterocycles. The highest BCUT2D eigenvalue weighted by Crippen LogP contribution is 2.47. The van der Waals surface area contributed by atoms with Crippen LogP contribution in [0.1, 0.15) is 59.3 Å². The summed E-state index contributed by atoms with van der Waals surface area (Å²) in [5.41, 5.74) is 1.38. The van der Waals surface area contributed by atoms with Crippen molar-refractivity contribution >= 4 is 5.97 Å². The molecule has 3 nitrogen and oxygen atoms in total. The van der Waals surface area contributed by atoms with Crippen molar-refractivity contribution < 1.29 is 14.6 Å². The van der Waals surface area contributed by atoms with Crippen molar-refractivity contribution in [2.75, 3.05) is 0 Å². The molecule has 0 bridgehead atoms. The van der Waals surface area contributed by atoms with Gasteiger partial charge < -0.3 is 9.84 Å². The second-order valence-electron chi connectivity index (χ2n) is 6.34. The van der Waals surface area contributed by atoms with Gasteiger partial charge in [0.1, 0.15) is 5.60 Å². The average Bonchev–Trinajstić information content (AvgIpc) is 2.35. The normalized spacial score (nSPS) is 34.7. The van der Waals surface area contributed by atoms with Crippen LogP contribution in [0.3, 0.4) is 0 Å². The maximum atomic E-state index is 11.8. The standard InChI is InChI=1S/C16H24O3/c1-11(2)14(17)19-16(4)10-9-15(3,18)12-7-5-6-8-13(12)16/h18H,1,5-10H2,2-4H3. The molecule has 3 heteroatoms. The van der Waals surface area contributed by atoms with Gasteiger partial charge in [-0.2, -0.15) is 0 Å². The molecular weight excluding hydrogens is 240 g/mol. The molecule has 19 heavy (non-hydrogen) atoms. The van der Waals surface area contributed by atoms with E-state index in [1.54, 1.807) is 6.92 Å². The Morgan fingerprint density at radius 2 is 1.79 bits per heavy atom. The third kappa shape index (κ3) is 2.62. The van der Waals surface area contributed by atoms with Crippen LogP contribution in [0.15, 0.2) is 23.3 Å². The Kier molecular flexibility index (Phi) is 3.61. The summed E-state index contributed by atoms with van der Waals surface area (Å²) in [7, 11) is 0. The number of rotatable bonds is 2. The van der Waals surface area contributed by atoms with Crippen molar-refractivity contribution in [3.63, 3.8) is 0 Å². The van der Waals surface area contributed by atoms with E-state index in [2.05, 4.69) is 6.58 Å². The van der Waals surface area contributed by atoms with Crippen LogP contribution in [-0.4, -0.2) is 22.3 Å². The minimum absolute atomic E-state index is 0.332. The third-order valence-corrected chi connectivity index (χ3v) is 4.51. The zero-order valence-electron chi connectivity index (χ0n) is 12.2. The van der Waals surface area contributed by atoms with Crippen LogP contribution in [0.5, 0.6) is 0 Å². The van der Waals surface area contributed by atoms with Crippen molar-refractivity contribution in [2.45, 2.75) is 70.5 Å². The van der Waals surface area contributed by atoms with Gasteiger partial charge >= 0.3 is 5.97 Å². The second-order valence-corrected chi connectivity index (χ2v) is 6.34. The molecule has 2 atom stereocenters. The molecule has 0 saturated carbocycles. The quantitative estimate of drug-likeness (QED) is 0.473. The molecule has 0 aliphatic heterocycles. The van der Waals surface area contributed by atoms with Crippen LogP contribution in [0.2, 0.25) is 0 Å². The van der Waals surface area contributed by atoms with E-state index in [1.165, 1.54) is 0 Å². The van der Waals surface area contributed by atoms with Gasteiger partial charge in [0, 0.05) is 5.57 Å². The lowest BCUT2D eigenvalue weighted by Crippen LogP contribution is -2.46. The molecule has 2 rings (SSSR count).